The monoisotopic (exact) mass is 511 g/mol. The molecule has 172 valence electrons. The van der Waals surface area contributed by atoms with Crippen LogP contribution in [0.3, 0.4) is 0 Å². The number of ether oxygens (including phenoxy) is 1. The third-order valence-electron chi connectivity index (χ3n) is 5.99. The molecular weight excluding hydrogens is 486 g/mol. The van der Waals surface area contributed by atoms with Gasteiger partial charge in [-0.05, 0) is 53.4 Å². The first kappa shape index (κ1) is 23.2. The van der Waals surface area contributed by atoms with Crippen molar-refractivity contribution in [2.75, 3.05) is 18.6 Å². The molecule has 2 amide bonds. The van der Waals surface area contributed by atoms with E-state index in [4.69, 9.17) is 10.5 Å². The molecular formula is C25H26BrN3O4. The fourth-order valence-electron chi connectivity index (χ4n) is 4.23. The van der Waals surface area contributed by atoms with Crippen molar-refractivity contribution in [1.29, 1.82) is 0 Å². The highest BCUT2D eigenvalue weighted by Gasteiger charge is 2.33. The number of para-hydroxylation sites is 1. The number of benzene rings is 3. The van der Waals surface area contributed by atoms with E-state index < -0.39 is 24.6 Å². The van der Waals surface area contributed by atoms with Gasteiger partial charge >= 0.3 is 0 Å². The first-order valence-corrected chi connectivity index (χ1v) is 11.5. The summed E-state index contributed by atoms with van der Waals surface area (Å²) in [6.45, 7) is -0.212. The molecule has 0 aliphatic carbocycles. The van der Waals surface area contributed by atoms with Crippen LogP contribution in [-0.2, 0) is 22.6 Å². The van der Waals surface area contributed by atoms with Crippen LogP contribution < -0.4 is 20.7 Å². The summed E-state index contributed by atoms with van der Waals surface area (Å²) in [5, 5.41) is 14.0. The lowest BCUT2D eigenvalue weighted by Crippen LogP contribution is -2.53. The predicted octanol–water partition coefficient (Wildman–Crippen LogP) is 2.89. The molecule has 2 atom stereocenters. The number of aryl methyl sites for hydroxylation is 1. The SMILES string of the molecule is COc1ccc2cc(Br)ccc2c1CN1C(=O)C(NC(=O)C(N)CO)CCc2ccccc21. The molecule has 1 aliphatic rings. The van der Waals surface area contributed by atoms with Gasteiger partial charge in [-0.1, -0.05) is 46.3 Å². The second kappa shape index (κ2) is 9.91. The number of rotatable bonds is 6. The Kier molecular flexibility index (Phi) is 6.97. The highest BCUT2D eigenvalue weighted by Crippen LogP contribution is 2.34. The Morgan fingerprint density at radius 2 is 2.06 bits per heavy atom. The smallest absolute Gasteiger partial charge is 0.249 e. The van der Waals surface area contributed by atoms with Gasteiger partial charge in [-0.25, -0.2) is 0 Å². The van der Waals surface area contributed by atoms with Crippen molar-refractivity contribution < 1.29 is 19.4 Å². The molecule has 0 bridgehead atoms. The Balaban J connectivity index is 1.77. The number of nitrogens with two attached hydrogens (primary N) is 1. The van der Waals surface area contributed by atoms with E-state index in [1.807, 2.05) is 54.6 Å². The number of aliphatic hydroxyl groups is 1. The lowest BCUT2D eigenvalue weighted by atomic mass is 10.0. The molecule has 0 saturated carbocycles. The lowest BCUT2D eigenvalue weighted by molar-refractivity contribution is -0.129. The maximum atomic E-state index is 13.7. The summed E-state index contributed by atoms with van der Waals surface area (Å²) in [6.07, 6.45) is 1.06. The number of methoxy groups -OCH3 is 1. The second-order valence-electron chi connectivity index (χ2n) is 8.05. The van der Waals surface area contributed by atoms with E-state index in [1.54, 1.807) is 12.0 Å². The number of nitrogens with zero attached hydrogens (tertiary/aromatic N) is 1. The van der Waals surface area contributed by atoms with Gasteiger partial charge in [0, 0.05) is 15.7 Å². The molecule has 4 N–H and O–H groups in total. The van der Waals surface area contributed by atoms with E-state index >= 15 is 0 Å². The Morgan fingerprint density at radius 3 is 2.82 bits per heavy atom. The summed E-state index contributed by atoms with van der Waals surface area (Å²) in [4.78, 5) is 27.8. The number of carbonyl (C=O) groups excluding carboxylic acids is 2. The average molecular weight is 512 g/mol. The van der Waals surface area contributed by atoms with Crippen molar-refractivity contribution >= 4 is 44.2 Å². The number of anilines is 1. The lowest BCUT2D eigenvalue weighted by Gasteiger charge is -2.28. The van der Waals surface area contributed by atoms with Gasteiger partial charge in [-0.15, -0.1) is 0 Å². The minimum Gasteiger partial charge on any atom is -0.496 e. The maximum Gasteiger partial charge on any atom is 0.249 e. The molecule has 7 nitrogen and oxygen atoms in total. The zero-order valence-electron chi connectivity index (χ0n) is 18.3. The number of nitrogens with one attached hydrogen (secondary N) is 1. The minimum absolute atomic E-state index is 0.227. The normalized spacial score (nSPS) is 16.8. The topological polar surface area (TPSA) is 105 Å². The molecule has 8 heteroatoms. The molecule has 0 radical (unpaired) electrons. The number of fused-ring (bicyclic) bond motifs is 2. The molecule has 0 spiro atoms. The van der Waals surface area contributed by atoms with E-state index in [9.17, 15) is 14.7 Å². The fraction of sp³-hybridized carbons (Fsp3) is 0.280. The van der Waals surface area contributed by atoms with Gasteiger partial charge in [0.05, 0.1) is 20.3 Å². The van der Waals surface area contributed by atoms with E-state index in [2.05, 4.69) is 21.2 Å². The van der Waals surface area contributed by atoms with E-state index in [0.717, 1.165) is 32.1 Å². The second-order valence-corrected chi connectivity index (χ2v) is 8.97. The Morgan fingerprint density at radius 1 is 1.27 bits per heavy atom. The van der Waals surface area contributed by atoms with Gasteiger partial charge in [0.25, 0.3) is 0 Å². The molecule has 3 aromatic carbocycles. The van der Waals surface area contributed by atoms with Crippen LogP contribution in [0.25, 0.3) is 10.8 Å². The van der Waals surface area contributed by atoms with Crippen molar-refractivity contribution in [2.45, 2.75) is 31.5 Å². The first-order chi connectivity index (χ1) is 15.9. The predicted molar refractivity (Wildman–Crippen MR) is 131 cm³/mol. The summed E-state index contributed by atoms with van der Waals surface area (Å²) in [5.41, 5.74) is 8.38. The zero-order chi connectivity index (χ0) is 23.5. The summed E-state index contributed by atoms with van der Waals surface area (Å²) in [5.74, 6) is -0.0915. The van der Waals surface area contributed by atoms with E-state index in [1.165, 1.54) is 0 Å². The third kappa shape index (κ3) is 4.73. The molecule has 3 aromatic rings. The zero-order valence-corrected chi connectivity index (χ0v) is 19.8. The van der Waals surface area contributed by atoms with Gasteiger partial charge in [0.2, 0.25) is 11.8 Å². The van der Waals surface area contributed by atoms with Gasteiger partial charge < -0.3 is 25.8 Å². The summed E-state index contributed by atoms with van der Waals surface area (Å²) < 4.78 is 6.62. The third-order valence-corrected chi connectivity index (χ3v) is 6.48. The van der Waals surface area contributed by atoms with Crippen LogP contribution in [0.15, 0.2) is 59.1 Å². The highest BCUT2D eigenvalue weighted by molar-refractivity contribution is 9.10. The van der Waals surface area contributed by atoms with Gasteiger partial charge in [0.15, 0.2) is 0 Å². The van der Waals surface area contributed by atoms with Gasteiger partial charge in [-0.3, -0.25) is 9.59 Å². The number of amides is 2. The number of aliphatic hydroxyl groups excluding tert-OH is 1. The standard InChI is InChI=1S/C25H26BrN3O4/c1-33-23-11-7-16-12-17(26)8-9-18(16)19(23)13-29-22-5-3-2-4-15(22)6-10-21(25(29)32)28-24(31)20(27)14-30/h2-5,7-9,11-12,20-21,30H,6,10,13-14,27H2,1H3,(H,28,31). The molecule has 0 fully saturated rings. The van der Waals surface area contributed by atoms with Gasteiger partial charge in [0.1, 0.15) is 17.8 Å². The molecule has 2 unspecified atom stereocenters. The van der Waals surface area contributed by atoms with Crippen LogP contribution in [0, 0.1) is 0 Å². The van der Waals surface area contributed by atoms with Gasteiger partial charge in [-0.2, -0.15) is 0 Å². The minimum atomic E-state index is -1.08. The van der Waals surface area contributed by atoms with Crippen LogP contribution in [0.5, 0.6) is 5.75 Å². The van der Waals surface area contributed by atoms with Crippen LogP contribution >= 0.6 is 15.9 Å². The van der Waals surface area contributed by atoms with Crippen LogP contribution in [-0.4, -0.2) is 42.7 Å². The summed E-state index contributed by atoms with van der Waals surface area (Å²) >= 11 is 3.52. The van der Waals surface area contributed by atoms with Crippen molar-refractivity contribution in [3.8, 4) is 5.75 Å². The number of hydrogen-bond donors (Lipinski definition) is 3. The quantitative estimate of drug-likeness (QED) is 0.471. The van der Waals surface area contributed by atoms with Crippen molar-refractivity contribution in [3.05, 3.63) is 70.2 Å². The first-order valence-electron chi connectivity index (χ1n) is 10.7. The Bertz CT molecular complexity index is 1200. The highest BCUT2D eigenvalue weighted by atomic mass is 79.9. The summed E-state index contributed by atoms with van der Waals surface area (Å²) in [6, 6.07) is 15.8. The fourth-order valence-corrected chi connectivity index (χ4v) is 4.61. The largest absolute Gasteiger partial charge is 0.496 e. The van der Waals surface area contributed by atoms with Crippen molar-refractivity contribution in [1.82, 2.24) is 5.32 Å². The molecule has 1 heterocycles. The van der Waals surface area contributed by atoms with Crippen molar-refractivity contribution in [2.24, 2.45) is 5.73 Å². The number of hydrogen-bond acceptors (Lipinski definition) is 5. The van der Waals surface area contributed by atoms with Crippen LogP contribution in [0.1, 0.15) is 17.5 Å². The summed E-state index contributed by atoms with van der Waals surface area (Å²) in [7, 11) is 1.61. The van der Waals surface area contributed by atoms with E-state index in [0.29, 0.717) is 18.6 Å². The molecule has 1 aliphatic heterocycles. The maximum absolute atomic E-state index is 13.7. The molecule has 33 heavy (non-hydrogen) atoms. The van der Waals surface area contributed by atoms with Crippen LogP contribution in [0.2, 0.25) is 0 Å². The van der Waals surface area contributed by atoms with E-state index in [-0.39, 0.29) is 12.5 Å². The number of halogens is 1. The number of carbonyl (C=O) groups is 2. The van der Waals surface area contributed by atoms with Crippen LogP contribution in [0.4, 0.5) is 5.69 Å². The van der Waals surface area contributed by atoms with Crippen molar-refractivity contribution in [3.63, 3.8) is 0 Å². The molecule has 4 rings (SSSR count). The Labute approximate surface area is 200 Å². The molecule has 0 aromatic heterocycles. The Hall–Kier alpha value is -2.94. The molecule has 0 saturated heterocycles. The average Bonchev–Trinajstić information content (AvgIpc) is 2.95.